The minimum atomic E-state index is -4.46. The summed E-state index contributed by atoms with van der Waals surface area (Å²) in [5.74, 6) is 0.310. The number of likely N-dealkylation sites (tertiary alicyclic amines) is 1. The largest absolute Gasteiger partial charge is 0.491 e. The second kappa shape index (κ2) is 9.48. The lowest BCUT2D eigenvalue weighted by Crippen LogP contribution is -2.48. The lowest BCUT2D eigenvalue weighted by atomic mass is 9.95. The number of nitrogens with two attached hydrogens (primary N) is 1. The molecule has 1 aliphatic rings. The number of benzene rings is 1. The number of nitrogens with zero attached hydrogens (tertiary/aromatic N) is 2. The van der Waals surface area contributed by atoms with Crippen molar-refractivity contribution in [3.63, 3.8) is 0 Å². The van der Waals surface area contributed by atoms with E-state index in [1.807, 2.05) is 4.90 Å². The number of alkyl halides is 3. The number of hydrogen-bond acceptors (Lipinski definition) is 3. The van der Waals surface area contributed by atoms with Crippen molar-refractivity contribution in [3.05, 3.63) is 29.8 Å². The van der Waals surface area contributed by atoms with Crippen LogP contribution in [0.3, 0.4) is 0 Å². The van der Waals surface area contributed by atoms with Crippen LogP contribution in [-0.4, -0.2) is 50.1 Å². The molecular formula is C18H25F3N4O2. The van der Waals surface area contributed by atoms with E-state index >= 15 is 0 Å². The summed E-state index contributed by atoms with van der Waals surface area (Å²) in [6.07, 6.45) is -2.25. The molecule has 0 radical (unpaired) electrons. The van der Waals surface area contributed by atoms with Gasteiger partial charge in [-0.1, -0.05) is 12.1 Å². The molecule has 1 unspecified atom stereocenters. The predicted molar refractivity (Wildman–Crippen MR) is 96.4 cm³/mol. The van der Waals surface area contributed by atoms with Gasteiger partial charge in [-0.05, 0) is 30.9 Å². The zero-order chi connectivity index (χ0) is 19.9. The van der Waals surface area contributed by atoms with Crippen LogP contribution in [0.1, 0.15) is 24.8 Å². The van der Waals surface area contributed by atoms with Gasteiger partial charge in [0.25, 0.3) is 0 Å². The van der Waals surface area contributed by atoms with Gasteiger partial charge in [-0.15, -0.1) is 0 Å². The third-order valence-electron chi connectivity index (χ3n) is 4.36. The molecular weight excluding hydrogens is 361 g/mol. The van der Waals surface area contributed by atoms with Gasteiger partial charge in [0, 0.05) is 26.6 Å². The van der Waals surface area contributed by atoms with Crippen LogP contribution in [0.15, 0.2) is 29.3 Å². The SMILES string of the molecule is CN=C(NCCOc1ccccc1C(F)(F)F)N1CCCC(CC(N)=O)C1. The average molecular weight is 386 g/mol. The van der Waals surface area contributed by atoms with Crippen LogP contribution < -0.4 is 15.8 Å². The minimum absolute atomic E-state index is 0.0602. The highest BCUT2D eigenvalue weighted by Crippen LogP contribution is 2.35. The number of primary amides is 1. The van der Waals surface area contributed by atoms with Gasteiger partial charge in [0.05, 0.1) is 12.1 Å². The van der Waals surface area contributed by atoms with Crippen molar-refractivity contribution in [2.24, 2.45) is 16.6 Å². The maximum absolute atomic E-state index is 13.0. The summed E-state index contributed by atoms with van der Waals surface area (Å²) in [6.45, 7) is 1.83. The number of carbonyl (C=O) groups excluding carboxylic acids is 1. The quantitative estimate of drug-likeness (QED) is 0.447. The second-order valence-electron chi connectivity index (χ2n) is 6.44. The number of aliphatic imine (C=N–C) groups is 1. The highest BCUT2D eigenvalue weighted by molar-refractivity contribution is 5.80. The first-order valence-electron chi connectivity index (χ1n) is 8.84. The molecule has 1 aliphatic heterocycles. The van der Waals surface area contributed by atoms with Crippen LogP contribution in [-0.2, 0) is 11.0 Å². The Kier molecular flexibility index (Phi) is 7.32. The van der Waals surface area contributed by atoms with Crippen molar-refractivity contribution >= 4 is 11.9 Å². The van der Waals surface area contributed by atoms with E-state index in [1.165, 1.54) is 18.2 Å². The summed E-state index contributed by atoms with van der Waals surface area (Å²) in [5.41, 5.74) is 4.48. The molecule has 1 heterocycles. The summed E-state index contributed by atoms with van der Waals surface area (Å²) in [6, 6.07) is 5.13. The molecule has 9 heteroatoms. The fourth-order valence-electron chi connectivity index (χ4n) is 3.19. The normalized spacial score (nSPS) is 18.3. The molecule has 1 aromatic carbocycles. The molecule has 2 rings (SSSR count). The summed E-state index contributed by atoms with van der Waals surface area (Å²) in [5, 5.41) is 3.09. The summed E-state index contributed by atoms with van der Waals surface area (Å²) in [4.78, 5) is 17.4. The van der Waals surface area contributed by atoms with E-state index in [9.17, 15) is 18.0 Å². The molecule has 0 saturated carbocycles. The average Bonchev–Trinajstić information content (AvgIpc) is 2.61. The van der Waals surface area contributed by atoms with Crippen molar-refractivity contribution in [1.29, 1.82) is 0 Å². The number of piperidine rings is 1. The van der Waals surface area contributed by atoms with Gasteiger partial charge in [-0.25, -0.2) is 0 Å². The van der Waals surface area contributed by atoms with E-state index in [4.69, 9.17) is 10.5 Å². The fourth-order valence-corrected chi connectivity index (χ4v) is 3.19. The predicted octanol–water partition coefficient (Wildman–Crippen LogP) is 2.25. The number of nitrogens with one attached hydrogen (secondary N) is 1. The monoisotopic (exact) mass is 386 g/mol. The van der Waals surface area contributed by atoms with E-state index < -0.39 is 11.7 Å². The highest BCUT2D eigenvalue weighted by Gasteiger charge is 2.34. The Bertz CT molecular complexity index is 664. The van der Waals surface area contributed by atoms with Crippen LogP contribution >= 0.6 is 0 Å². The van der Waals surface area contributed by atoms with Crippen LogP contribution in [0.25, 0.3) is 0 Å². The van der Waals surface area contributed by atoms with Gasteiger partial charge >= 0.3 is 6.18 Å². The number of para-hydroxylation sites is 1. The summed E-state index contributed by atoms with van der Waals surface area (Å²) >= 11 is 0. The van der Waals surface area contributed by atoms with Crippen LogP contribution in [0.2, 0.25) is 0 Å². The number of ether oxygens (including phenoxy) is 1. The number of carbonyl (C=O) groups is 1. The summed E-state index contributed by atoms with van der Waals surface area (Å²) in [7, 11) is 1.64. The molecule has 6 nitrogen and oxygen atoms in total. The molecule has 1 saturated heterocycles. The van der Waals surface area contributed by atoms with Crippen LogP contribution in [0.4, 0.5) is 13.2 Å². The molecule has 1 fully saturated rings. The highest BCUT2D eigenvalue weighted by atomic mass is 19.4. The van der Waals surface area contributed by atoms with Gasteiger partial charge in [0.15, 0.2) is 5.96 Å². The van der Waals surface area contributed by atoms with Gasteiger partial charge in [0.2, 0.25) is 5.91 Å². The van der Waals surface area contributed by atoms with Gasteiger partial charge < -0.3 is 20.7 Å². The molecule has 0 aliphatic carbocycles. The molecule has 27 heavy (non-hydrogen) atoms. The molecule has 150 valence electrons. The number of halogens is 3. The van der Waals surface area contributed by atoms with Crippen molar-refractivity contribution in [3.8, 4) is 5.75 Å². The van der Waals surface area contributed by atoms with Crippen molar-refractivity contribution in [2.75, 3.05) is 33.3 Å². The van der Waals surface area contributed by atoms with E-state index in [0.717, 1.165) is 25.5 Å². The van der Waals surface area contributed by atoms with E-state index in [-0.39, 0.29) is 24.2 Å². The topological polar surface area (TPSA) is 80.0 Å². The molecule has 0 spiro atoms. The number of hydrogen-bond donors (Lipinski definition) is 2. The standard InChI is InChI=1S/C18H25F3N4O2/c1-23-17(25-9-4-5-13(12-25)11-16(22)26)24-8-10-27-15-7-3-2-6-14(15)18(19,20)21/h2-3,6-7,13H,4-5,8-12H2,1H3,(H2,22,26)(H,23,24). The molecule has 1 amide bonds. The Morgan fingerprint density at radius 3 is 2.81 bits per heavy atom. The molecule has 1 aromatic rings. The van der Waals surface area contributed by atoms with Gasteiger partial charge in [-0.2, -0.15) is 13.2 Å². The fraction of sp³-hybridized carbons (Fsp3) is 0.556. The molecule has 3 N–H and O–H groups in total. The number of amides is 1. The summed E-state index contributed by atoms with van der Waals surface area (Å²) < 4.78 is 44.2. The minimum Gasteiger partial charge on any atom is -0.491 e. The van der Waals surface area contributed by atoms with E-state index in [0.29, 0.717) is 25.5 Å². The smallest absolute Gasteiger partial charge is 0.419 e. The number of guanidine groups is 1. The van der Waals surface area contributed by atoms with E-state index in [1.54, 1.807) is 7.05 Å². The lowest BCUT2D eigenvalue weighted by Gasteiger charge is -2.34. The maximum Gasteiger partial charge on any atom is 0.419 e. The first-order chi connectivity index (χ1) is 12.8. The first-order valence-corrected chi connectivity index (χ1v) is 8.84. The third-order valence-corrected chi connectivity index (χ3v) is 4.36. The zero-order valence-corrected chi connectivity index (χ0v) is 15.3. The van der Waals surface area contributed by atoms with E-state index in [2.05, 4.69) is 10.3 Å². The van der Waals surface area contributed by atoms with Crippen molar-refractivity contribution in [1.82, 2.24) is 10.2 Å². The van der Waals surface area contributed by atoms with Gasteiger partial charge in [0.1, 0.15) is 12.4 Å². The van der Waals surface area contributed by atoms with Crippen molar-refractivity contribution < 1.29 is 22.7 Å². The Morgan fingerprint density at radius 2 is 2.15 bits per heavy atom. The lowest BCUT2D eigenvalue weighted by molar-refractivity contribution is -0.139. The van der Waals surface area contributed by atoms with Gasteiger partial charge in [-0.3, -0.25) is 9.79 Å². The van der Waals surface area contributed by atoms with Crippen LogP contribution in [0.5, 0.6) is 5.75 Å². The first kappa shape index (κ1) is 20.9. The molecule has 1 atom stereocenters. The Hall–Kier alpha value is -2.45. The molecule has 0 bridgehead atoms. The number of rotatable bonds is 6. The maximum atomic E-state index is 13.0. The Morgan fingerprint density at radius 1 is 1.41 bits per heavy atom. The Labute approximate surface area is 156 Å². The zero-order valence-electron chi connectivity index (χ0n) is 15.3. The molecule has 0 aromatic heterocycles. The Balaban J connectivity index is 1.85. The third kappa shape index (κ3) is 6.33. The second-order valence-corrected chi connectivity index (χ2v) is 6.44. The van der Waals surface area contributed by atoms with Crippen LogP contribution in [0, 0.1) is 5.92 Å². The van der Waals surface area contributed by atoms with Crippen molar-refractivity contribution in [2.45, 2.75) is 25.4 Å².